The summed E-state index contributed by atoms with van der Waals surface area (Å²) in [5.74, 6) is -4.67. The molecular weight excluding hydrogens is 385 g/mol. The van der Waals surface area contributed by atoms with Crippen molar-refractivity contribution in [2.24, 2.45) is 0 Å². The third-order valence-electron chi connectivity index (χ3n) is 4.54. The summed E-state index contributed by atoms with van der Waals surface area (Å²) in [4.78, 5) is 23.2. The molecule has 0 amide bonds. The fourth-order valence-electron chi connectivity index (χ4n) is 2.80. The van der Waals surface area contributed by atoms with E-state index >= 15 is 0 Å². The largest absolute Gasteiger partial charge is 0.466 e. The van der Waals surface area contributed by atoms with Crippen LogP contribution in [0.15, 0.2) is 12.1 Å². The predicted octanol–water partition coefficient (Wildman–Crippen LogP) is 6.00. The normalized spacial score (nSPS) is 10.8. The molecule has 0 spiro atoms. The Hall–Kier alpha value is -2.05. The van der Waals surface area contributed by atoms with E-state index in [-0.39, 0.29) is 25.2 Å². The lowest BCUT2D eigenvalue weighted by atomic mass is 10.1. The first kappa shape index (κ1) is 25.0. The van der Waals surface area contributed by atoms with E-state index in [1.54, 1.807) is 0 Å². The van der Waals surface area contributed by atoms with Gasteiger partial charge in [-0.2, -0.15) is 0 Å². The van der Waals surface area contributed by atoms with Crippen molar-refractivity contribution in [1.29, 1.82) is 0 Å². The fraction of sp³-hybridized carbons (Fsp3) is 0.636. The Morgan fingerprint density at radius 2 is 1.31 bits per heavy atom. The highest BCUT2D eigenvalue weighted by Crippen LogP contribution is 2.17. The van der Waals surface area contributed by atoms with E-state index in [0.717, 1.165) is 25.3 Å². The van der Waals surface area contributed by atoms with Crippen molar-refractivity contribution in [1.82, 2.24) is 0 Å². The fourth-order valence-corrected chi connectivity index (χ4v) is 2.80. The van der Waals surface area contributed by atoms with E-state index < -0.39 is 35.6 Å². The third-order valence-corrected chi connectivity index (χ3v) is 4.54. The smallest absolute Gasteiger partial charge is 0.306 e. The predicted molar refractivity (Wildman–Crippen MR) is 104 cm³/mol. The molecule has 0 aromatic heterocycles. The standard InChI is InChI=1S/C22H31F3O4/c1-2-3-4-5-6-7-8-9-15-28-20(26)11-10-12-21(27)29-16-17-18(23)13-14-19(24)22(17)25/h13-14H,2-12,15-16H2,1H3. The van der Waals surface area contributed by atoms with Gasteiger partial charge in [0.25, 0.3) is 0 Å². The lowest BCUT2D eigenvalue weighted by Crippen LogP contribution is -2.10. The molecule has 0 aliphatic carbocycles. The van der Waals surface area contributed by atoms with E-state index in [1.165, 1.54) is 32.1 Å². The maximum absolute atomic E-state index is 13.5. The van der Waals surface area contributed by atoms with Crippen LogP contribution in [0.2, 0.25) is 0 Å². The van der Waals surface area contributed by atoms with Crippen LogP contribution in [0.3, 0.4) is 0 Å². The quantitative estimate of drug-likeness (QED) is 0.200. The number of benzene rings is 1. The molecule has 0 aliphatic rings. The number of ether oxygens (including phenoxy) is 2. The highest BCUT2D eigenvalue weighted by Gasteiger charge is 2.16. The molecule has 1 aromatic rings. The molecule has 0 unspecified atom stereocenters. The number of carbonyl (C=O) groups excluding carboxylic acids is 2. The van der Waals surface area contributed by atoms with E-state index in [2.05, 4.69) is 6.92 Å². The van der Waals surface area contributed by atoms with E-state index in [9.17, 15) is 22.8 Å². The minimum Gasteiger partial charge on any atom is -0.466 e. The van der Waals surface area contributed by atoms with Gasteiger partial charge in [-0.1, -0.05) is 51.9 Å². The monoisotopic (exact) mass is 416 g/mol. The minimum atomic E-state index is -1.37. The first-order valence-corrected chi connectivity index (χ1v) is 10.4. The van der Waals surface area contributed by atoms with Crippen molar-refractivity contribution in [2.45, 2.75) is 84.2 Å². The summed E-state index contributed by atoms with van der Waals surface area (Å²) in [6.07, 6.45) is 9.43. The van der Waals surface area contributed by atoms with Gasteiger partial charge < -0.3 is 9.47 Å². The molecule has 0 heterocycles. The molecule has 7 heteroatoms. The highest BCUT2D eigenvalue weighted by atomic mass is 19.2. The lowest BCUT2D eigenvalue weighted by molar-refractivity contribution is -0.146. The number of unbranched alkanes of at least 4 members (excludes halogenated alkanes) is 7. The number of halogens is 3. The molecule has 0 saturated carbocycles. The summed E-state index contributed by atoms with van der Waals surface area (Å²) < 4.78 is 49.8. The number of hydrogen-bond donors (Lipinski definition) is 0. The van der Waals surface area contributed by atoms with E-state index in [4.69, 9.17) is 9.47 Å². The van der Waals surface area contributed by atoms with Gasteiger partial charge in [-0.3, -0.25) is 9.59 Å². The Bertz CT molecular complexity index is 635. The molecule has 0 atom stereocenters. The summed E-state index contributed by atoms with van der Waals surface area (Å²) in [7, 11) is 0. The van der Waals surface area contributed by atoms with Crippen LogP contribution in [0.5, 0.6) is 0 Å². The summed E-state index contributed by atoms with van der Waals surface area (Å²) >= 11 is 0. The molecule has 0 N–H and O–H groups in total. The van der Waals surface area contributed by atoms with Gasteiger partial charge in [0.1, 0.15) is 12.4 Å². The van der Waals surface area contributed by atoms with E-state index in [1.807, 2.05) is 0 Å². The number of esters is 2. The van der Waals surface area contributed by atoms with Crippen molar-refractivity contribution < 1.29 is 32.2 Å². The number of rotatable bonds is 15. The topological polar surface area (TPSA) is 52.6 Å². The van der Waals surface area contributed by atoms with Crippen molar-refractivity contribution >= 4 is 11.9 Å². The molecule has 164 valence electrons. The van der Waals surface area contributed by atoms with Crippen LogP contribution >= 0.6 is 0 Å². The van der Waals surface area contributed by atoms with Crippen molar-refractivity contribution in [3.05, 3.63) is 35.1 Å². The van der Waals surface area contributed by atoms with Gasteiger partial charge in [-0.15, -0.1) is 0 Å². The third kappa shape index (κ3) is 10.9. The van der Waals surface area contributed by atoms with Crippen LogP contribution in [0.25, 0.3) is 0 Å². The van der Waals surface area contributed by atoms with Crippen LogP contribution in [-0.2, 0) is 25.7 Å². The second-order valence-electron chi connectivity index (χ2n) is 7.03. The molecule has 1 rings (SSSR count). The molecule has 0 fully saturated rings. The maximum Gasteiger partial charge on any atom is 0.306 e. The van der Waals surface area contributed by atoms with Gasteiger partial charge in [0.05, 0.1) is 12.2 Å². The van der Waals surface area contributed by atoms with Gasteiger partial charge in [0.2, 0.25) is 0 Å². The molecule has 0 radical (unpaired) electrons. The Morgan fingerprint density at radius 3 is 1.97 bits per heavy atom. The Kier molecular flexibility index (Phi) is 12.8. The Morgan fingerprint density at radius 1 is 0.759 bits per heavy atom. The van der Waals surface area contributed by atoms with Gasteiger partial charge in [-0.25, -0.2) is 13.2 Å². The SMILES string of the molecule is CCCCCCCCCCOC(=O)CCCC(=O)OCc1c(F)ccc(F)c1F. The van der Waals surface area contributed by atoms with Crippen LogP contribution in [0, 0.1) is 17.5 Å². The average molecular weight is 416 g/mol. The van der Waals surface area contributed by atoms with Crippen LogP contribution in [0.4, 0.5) is 13.2 Å². The second kappa shape index (κ2) is 14.9. The van der Waals surface area contributed by atoms with Crippen LogP contribution < -0.4 is 0 Å². The molecule has 0 saturated heterocycles. The molecule has 4 nitrogen and oxygen atoms in total. The molecular formula is C22H31F3O4. The summed E-state index contributed by atoms with van der Waals surface area (Å²) in [5.41, 5.74) is -0.636. The summed E-state index contributed by atoms with van der Waals surface area (Å²) in [5, 5.41) is 0. The van der Waals surface area contributed by atoms with Crippen molar-refractivity contribution in [3.63, 3.8) is 0 Å². The van der Waals surface area contributed by atoms with Crippen LogP contribution in [0.1, 0.15) is 83.1 Å². The van der Waals surface area contributed by atoms with Crippen molar-refractivity contribution in [3.8, 4) is 0 Å². The lowest BCUT2D eigenvalue weighted by Gasteiger charge is -2.08. The Labute approximate surface area is 170 Å². The summed E-state index contributed by atoms with van der Waals surface area (Å²) in [6, 6.07) is 1.43. The average Bonchev–Trinajstić information content (AvgIpc) is 2.69. The zero-order valence-corrected chi connectivity index (χ0v) is 17.1. The number of carbonyl (C=O) groups is 2. The van der Waals surface area contributed by atoms with Crippen LogP contribution in [-0.4, -0.2) is 18.5 Å². The molecule has 1 aromatic carbocycles. The highest BCUT2D eigenvalue weighted by molar-refractivity contribution is 5.72. The van der Waals surface area contributed by atoms with Gasteiger partial charge >= 0.3 is 11.9 Å². The Balaban J connectivity index is 2.06. The van der Waals surface area contributed by atoms with E-state index in [0.29, 0.717) is 12.7 Å². The van der Waals surface area contributed by atoms with Crippen molar-refractivity contribution in [2.75, 3.05) is 6.61 Å². The van der Waals surface area contributed by atoms with Gasteiger partial charge in [0.15, 0.2) is 11.6 Å². The minimum absolute atomic E-state index is 0.0643. The zero-order chi connectivity index (χ0) is 21.5. The van der Waals surface area contributed by atoms with Gasteiger partial charge in [-0.05, 0) is 25.0 Å². The molecule has 0 bridgehead atoms. The first-order chi connectivity index (χ1) is 14.0. The molecule has 29 heavy (non-hydrogen) atoms. The number of hydrogen-bond acceptors (Lipinski definition) is 4. The molecule has 0 aliphatic heterocycles. The second-order valence-corrected chi connectivity index (χ2v) is 7.03. The van der Waals surface area contributed by atoms with Gasteiger partial charge in [0, 0.05) is 12.8 Å². The zero-order valence-electron chi connectivity index (χ0n) is 17.1. The first-order valence-electron chi connectivity index (χ1n) is 10.4. The maximum atomic E-state index is 13.5. The summed E-state index contributed by atoms with van der Waals surface area (Å²) in [6.45, 7) is 1.86.